The number of hydrogen-bond acceptors (Lipinski definition) is 2. The summed E-state index contributed by atoms with van der Waals surface area (Å²) >= 11 is 13.1. The number of nitrogens with zero attached hydrogens (tertiary/aromatic N) is 1. The number of rotatable bonds is 2. The predicted octanol–water partition coefficient (Wildman–Crippen LogP) is 5.79. The van der Waals surface area contributed by atoms with Crippen LogP contribution in [0.3, 0.4) is 0 Å². The molecular weight excluding hydrogens is 382 g/mol. The summed E-state index contributed by atoms with van der Waals surface area (Å²) in [5.74, 6) is -0.207. The molecule has 1 atom stereocenters. The molecule has 1 heterocycles. The molecule has 8 heteroatoms. The lowest BCUT2D eigenvalue weighted by Crippen LogP contribution is -2.29. The predicted molar refractivity (Wildman–Crippen MR) is 90.6 cm³/mol. The van der Waals surface area contributed by atoms with Crippen molar-refractivity contribution in [1.82, 2.24) is 0 Å². The van der Waals surface area contributed by atoms with Gasteiger partial charge in [-0.3, -0.25) is 9.69 Å². The van der Waals surface area contributed by atoms with Crippen LogP contribution in [0.4, 0.5) is 18.9 Å². The molecule has 1 amide bonds. The second-order valence-electron chi connectivity index (χ2n) is 5.14. The Morgan fingerprint density at radius 2 is 1.71 bits per heavy atom. The molecule has 0 aliphatic carbocycles. The van der Waals surface area contributed by atoms with Crippen molar-refractivity contribution in [3.05, 3.63) is 63.6 Å². The number of benzene rings is 2. The molecule has 2 aromatic carbocycles. The first-order valence-corrected chi connectivity index (χ1v) is 8.64. The summed E-state index contributed by atoms with van der Waals surface area (Å²) in [6.45, 7) is 0. The van der Waals surface area contributed by atoms with E-state index in [9.17, 15) is 18.0 Å². The molecule has 1 fully saturated rings. The van der Waals surface area contributed by atoms with Crippen LogP contribution in [-0.2, 0) is 11.0 Å². The number of anilines is 1. The summed E-state index contributed by atoms with van der Waals surface area (Å²) in [6, 6.07) is 9.78. The highest BCUT2D eigenvalue weighted by Gasteiger charge is 2.41. The van der Waals surface area contributed by atoms with E-state index in [0.717, 1.165) is 17.8 Å². The first-order valence-electron chi connectivity index (χ1n) is 6.83. The highest BCUT2D eigenvalue weighted by Crippen LogP contribution is 2.46. The molecule has 0 aromatic heterocycles. The Bertz CT molecular complexity index is 777. The molecule has 1 saturated heterocycles. The Morgan fingerprint density at radius 3 is 2.33 bits per heavy atom. The molecule has 24 heavy (non-hydrogen) atoms. The van der Waals surface area contributed by atoms with E-state index in [1.807, 2.05) is 0 Å². The zero-order chi connectivity index (χ0) is 17.5. The van der Waals surface area contributed by atoms with Crippen LogP contribution < -0.4 is 4.90 Å². The van der Waals surface area contributed by atoms with Crippen molar-refractivity contribution in [3.63, 3.8) is 0 Å². The third kappa shape index (κ3) is 3.36. The van der Waals surface area contributed by atoms with Crippen LogP contribution in [0.25, 0.3) is 0 Å². The van der Waals surface area contributed by atoms with Crippen LogP contribution in [-0.4, -0.2) is 11.7 Å². The van der Waals surface area contributed by atoms with E-state index >= 15 is 0 Å². The van der Waals surface area contributed by atoms with E-state index in [-0.39, 0.29) is 17.2 Å². The van der Waals surface area contributed by atoms with E-state index in [1.165, 1.54) is 41.3 Å². The fraction of sp³-hybridized carbons (Fsp3) is 0.188. The van der Waals surface area contributed by atoms with Gasteiger partial charge in [-0.2, -0.15) is 13.2 Å². The van der Waals surface area contributed by atoms with E-state index in [0.29, 0.717) is 15.7 Å². The minimum atomic E-state index is -4.50. The Kier molecular flexibility index (Phi) is 4.73. The number of thioether (sulfide) groups is 1. The highest BCUT2D eigenvalue weighted by molar-refractivity contribution is 8.00. The van der Waals surface area contributed by atoms with Crippen LogP contribution in [0, 0.1) is 0 Å². The first kappa shape index (κ1) is 17.5. The molecule has 3 rings (SSSR count). The number of amides is 1. The van der Waals surface area contributed by atoms with Crippen molar-refractivity contribution in [2.24, 2.45) is 0 Å². The van der Waals surface area contributed by atoms with E-state index in [4.69, 9.17) is 23.2 Å². The van der Waals surface area contributed by atoms with Gasteiger partial charge in [-0.1, -0.05) is 41.4 Å². The van der Waals surface area contributed by atoms with Gasteiger partial charge in [0.1, 0.15) is 5.37 Å². The van der Waals surface area contributed by atoms with Crippen molar-refractivity contribution in [2.75, 3.05) is 10.7 Å². The monoisotopic (exact) mass is 391 g/mol. The van der Waals surface area contributed by atoms with Gasteiger partial charge in [-0.15, -0.1) is 11.8 Å². The molecule has 0 N–H and O–H groups in total. The van der Waals surface area contributed by atoms with Crippen molar-refractivity contribution in [1.29, 1.82) is 0 Å². The van der Waals surface area contributed by atoms with Crippen LogP contribution in [0.2, 0.25) is 10.0 Å². The Hall–Kier alpha value is -1.37. The fourth-order valence-electron chi connectivity index (χ4n) is 2.58. The van der Waals surface area contributed by atoms with Crippen molar-refractivity contribution in [2.45, 2.75) is 11.6 Å². The lowest BCUT2D eigenvalue weighted by atomic mass is 10.1. The molecule has 0 bridgehead atoms. The van der Waals surface area contributed by atoms with Gasteiger partial charge in [-0.25, -0.2) is 0 Å². The number of carbonyl (C=O) groups is 1. The second kappa shape index (κ2) is 6.50. The molecule has 0 spiro atoms. The number of carbonyl (C=O) groups excluding carboxylic acids is 1. The van der Waals surface area contributed by atoms with Crippen LogP contribution in [0.5, 0.6) is 0 Å². The van der Waals surface area contributed by atoms with Gasteiger partial charge in [-0.05, 0) is 29.8 Å². The van der Waals surface area contributed by atoms with Gasteiger partial charge < -0.3 is 0 Å². The standard InChI is InChI=1S/C16H10Cl2F3NOS/c17-9-5-10(18)7-11(6-9)22-14(23)8-24-15(22)12-3-1-2-4-13(12)16(19,20)21/h1-7,15H,8H2. The molecule has 2 aromatic rings. The first-order chi connectivity index (χ1) is 11.3. The summed E-state index contributed by atoms with van der Waals surface area (Å²) in [4.78, 5) is 13.6. The molecule has 2 nitrogen and oxygen atoms in total. The maximum absolute atomic E-state index is 13.3. The third-order valence-electron chi connectivity index (χ3n) is 3.53. The SMILES string of the molecule is O=C1CSC(c2ccccc2C(F)(F)F)N1c1cc(Cl)cc(Cl)c1. The van der Waals surface area contributed by atoms with E-state index in [2.05, 4.69) is 0 Å². The molecule has 1 aliphatic rings. The van der Waals surface area contributed by atoms with E-state index in [1.54, 1.807) is 0 Å². The lowest BCUT2D eigenvalue weighted by Gasteiger charge is -2.27. The van der Waals surface area contributed by atoms with Crippen LogP contribution in [0.15, 0.2) is 42.5 Å². The summed E-state index contributed by atoms with van der Waals surface area (Å²) in [7, 11) is 0. The maximum Gasteiger partial charge on any atom is 0.416 e. The highest BCUT2D eigenvalue weighted by atomic mass is 35.5. The average molecular weight is 392 g/mol. The largest absolute Gasteiger partial charge is 0.416 e. The number of hydrogen-bond donors (Lipinski definition) is 0. The molecule has 1 unspecified atom stereocenters. The zero-order valence-corrected chi connectivity index (χ0v) is 14.3. The smallest absolute Gasteiger partial charge is 0.295 e. The van der Waals surface area contributed by atoms with Gasteiger partial charge >= 0.3 is 6.18 Å². The Labute approximate surface area is 150 Å². The second-order valence-corrected chi connectivity index (χ2v) is 7.08. The lowest BCUT2D eigenvalue weighted by molar-refractivity contribution is -0.138. The molecular formula is C16H10Cl2F3NOS. The van der Waals surface area contributed by atoms with Crippen molar-refractivity contribution >= 4 is 46.6 Å². The average Bonchev–Trinajstić information content (AvgIpc) is 2.87. The van der Waals surface area contributed by atoms with E-state index < -0.39 is 17.1 Å². The van der Waals surface area contributed by atoms with Gasteiger partial charge in [0.2, 0.25) is 5.91 Å². The number of alkyl halides is 3. The molecule has 0 saturated carbocycles. The maximum atomic E-state index is 13.3. The molecule has 0 radical (unpaired) electrons. The van der Waals surface area contributed by atoms with Crippen LogP contribution in [0.1, 0.15) is 16.5 Å². The zero-order valence-electron chi connectivity index (χ0n) is 12.0. The normalized spacial score (nSPS) is 18.3. The summed E-state index contributed by atoms with van der Waals surface area (Å²) in [6.07, 6.45) is -4.50. The molecule has 126 valence electrons. The quantitative estimate of drug-likeness (QED) is 0.645. The molecule has 1 aliphatic heterocycles. The summed E-state index contributed by atoms with van der Waals surface area (Å²) in [5, 5.41) is -0.167. The van der Waals surface area contributed by atoms with Gasteiger partial charge in [0.15, 0.2) is 0 Å². The van der Waals surface area contributed by atoms with Gasteiger partial charge in [0.25, 0.3) is 0 Å². The Morgan fingerprint density at radius 1 is 1.08 bits per heavy atom. The Balaban J connectivity index is 2.10. The van der Waals surface area contributed by atoms with Gasteiger partial charge in [0.05, 0.1) is 11.3 Å². The van der Waals surface area contributed by atoms with Gasteiger partial charge in [0, 0.05) is 15.7 Å². The number of halogens is 5. The third-order valence-corrected chi connectivity index (χ3v) is 5.16. The minimum absolute atomic E-state index is 0.0388. The van der Waals surface area contributed by atoms with Crippen LogP contribution >= 0.6 is 35.0 Å². The van der Waals surface area contributed by atoms with Crippen molar-refractivity contribution < 1.29 is 18.0 Å². The topological polar surface area (TPSA) is 20.3 Å². The van der Waals surface area contributed by atoms with Crippen molar-refractivity contribution in [3.8, 4) is 0 Å². The fourth-order valence-corrected chi connectivity index (χ4v) is 4.31. The summed E-state index contributed by atoms with van der Waals surface area (Å²) in [5.41, 5.74) is -0.336. The minimum Gasteiger partial charge on any atom is -0.295 e. The summed E-state index contributed by atoms with van der Waals surface area (Å²) < 4.78 is 39.9.